The zero-order valence-electron chi connectivity index (χ0n) is 6.43. The molecule has 0 amide bonds. The lowest BCUT2D eigenvalue weighted by atomic mass is 10.3. The molecule has 1 fully saturated rings. The van der Waals surface area contributed by atoms with E-state index in [1.807, 2.05) is 11.8 Å². The van der Waals surface area contributed by atoms with Crippen molar-refractivity contribution in [1.29, 1.82) is 0 Å². The van der Waals surface area contributed by atoms with E-state index in [0.29, 0.717) is 0 Å². The highest BCUT2D eigenvalue weighted by Crippen LogP contribution is 2.16. The average Bonchev–Trinajstić information content (AvgIpc) is 2.41. The Balaban J connectivity index is 1.91. The van der Waals surface area contributed by atoms with Gasteiger partial charge < -0.3 is 10.1 Å². The second-order valence-corrected chi connectivity index (χ2v) is 3.66. The van der Waals surface area contributed by atoms with Crippen molar-refractivity contribution in [3.8, 4) is 0 Å². The molecule has 0 aliphatic carbocycles. The van der Waals surface area contributed by atoms with Crippen LogP contribution in [0, 0.1) is 0 Å². The Morgan fingerprint density at radius 1 is 1.70 bits per heavy atom. The van der Waals surface area contributed by atoms with Crippen molar-refractivity contribution >= 4 is 11.8 Å². The van der Waals surface area contributed by atoms with Gasteiger partial charge in [0.15, 0.2) is 0 Å². The van der Waals surface area contributed by atoms with Gasteiger partial charge in [-0.05, 0) is 12.2 Å². The highest BCUT2D eigenvalue weighted by molar-refractivity contribution is 7.99. The van der Waals surface area contributed by atoms with Gasteiger partial charge in [-0.2, -0.15) is 11.8 Å². The SMILES string of the molecule is COCCNC1CCSC1. The molecule has 1 aliphatic heterocycles. The first-order chi connectivity index (χ1) is 4.93. The fourth-order valence-electron chi connectivity index (χ4n) is 1.06. The van der Waals surface area contributed by atoms with E-state index in [2.05, 4.69) is 5.32 Å². The molecule has 0 bridgehead atoms. The molecule has 0 aromatic carbocycles. The summed E-state index contributed by atoms with van der Waals surface area (Å²) in [5, 5.41) is 3.44. The molecule has 1 unspecified atom stereocenters. The van der Waals surface area contributed by atoms with Crippen LogP contribution in [-0.2, 0) is 4.74 Å². The largest absolute Gasteiger partial charge is 0.383 e. The predicted molar refractivity (Wildman–Crippen MR) is 45.6 cm³/mol. The number of thioether (sulfide) groups is 1. The summed E-state index contributed by atoms with van der Waals surface area (Å²) in [6.07, 6.45) is 1.33. The molecule has 0 radical (unpaired) electrons. The van der Waals surface area contributed by atoms with Crippen molar-refractivity contribution in [3.63, 3.8) is 0 Å². The second kappa shape index (κ2) is 4.99. The van der Waals surface area contributed by atoms with Crippen molar-refractivity contribution in [3.05, 3.63) is 0 Å². The second-order valence-electron chi connectivity index (χ2n) is 2.51. The highest BCUT2D eigenvalue weighted by Gasteiger charge is 2.13. The Morgan fingerprint density at radius 2 is 2.60 bits per heavy atom. The molecule has 1 saturated heterocycles. The van der Waals surface area contributed by atoms with Gasteiger partial charge in [-0.3, -0.25) is 0 Å². The first-order valence-electron chi connectivity index (χ1n) is 3.73. The fourth-order valence-corrected chi connectivity index (χ4v) is 2.25. The molecule has 0 saturated carbocycles. The zero-order chi connectivity index (χ0) is 7.23. The molecule has 60 valence electrons. The molecular formula is C7H15NOS. The maximum absolute atomic E-state index is 4.93. The van der Waals surface area contributed by atoms with Crippen LogP contribution >= 0.6 is 11.8 Å². The lowest BCUT2D eigenvalue weighted by Gasteiger charge is -2.09. The first-order valence-corrected chi connectivity index (χ1v) is 4.89. The molecule has 10 heavy (non-hydrogen) atoms. The van der Waals surface area contributed by atoms with Crippen LogP contribution in [0.25, 0.3) is 0 Å². The molecule has 3 heteroatoms. The van der Waals surface area contributed by atoms with Gasteiger partial charge in [0.2, 0.25) is 0 Å². The minimum atomic E-state index is 0.750. The van der Waals surface area contributed by atoms with Crippen LogP contribution in [0.2, 0.25) is 0 Å². The van der Waals surface area contributed by atoms with Gasteiger partial charge in [0.05, 0.1) is 6.61 Å². The summed E-state index contributed by atoms with van der Waals surface area (Å²) in [5.74, 6) is 2.61. The van der Waals surface area contributed by atoms with E-state index in [1.165, 1.54) is 17.9 Å². The van der Waals surface area contributed by atoms with E-state index in [4.69, 9.17) is 4.74 Å². The van der Waals surface area contributed by atoms with Crippen molar-refractivity contribution in [2.24, 2.45) is 0 Å². The van der Waals surface area contributed by atoms with Gasteiger partial charge in [-0.25, -0.2) is 0 Å². The summed E-state index contributed by atoms with van der Waals surface area (Å²) in [6, 6.07) is 0.750. The van der Waals surface area contributed by atoms with Gasteiger partial charge >= 0.3 is 0 Å². The summed E-state index contributed by atoms with van der Waals surface area (Å²) in [5.41, 5.74) is 0. The van der Waals surface area contributed by atoms with Crippen LogP contribution in [0.15, 0.2) is 0 Å². The lowest BCUT2D eigenvalue weighted by molar-refractivity contribution is 0.196. The topological polar surface area (TPSA) is 21.3 Å². The smallest absolute Gasteiger partial charge is 0.0587 e. The molecule has 0 aromatic heterocycles. The molecule has 1 rings (SSSR count). The average molecular weight is 161 g/mol. The van der Waals surface area contributed by atoms with Crippen LogP contribution in [-0.4, -0.2) is 37.8 Å². The molecule has 1 aliphatic rings. The fraction of sp³-hybridized carbons (Fsp3) is 1.00. The van der Waals surface area contributed by atoms with Crippen LogP contribution in [0.4, 0.5) is 0 Å². The minimum Gasteiger partial charge on any atom is -0.383 e. The Morgan fingerprint density at radius 3 is 3.20 bits per heavy atom. The maximum Gasteiger partial charge on any atom is 0.0587 e. The zero-order valence-corrected chi connectivity index (χ0v) is 7.25. The number of nitrogens with one attached hydrogen (secondary N) is 1. The quantitative estimate of drug-likeness (QED) is 0.614. The third-order valence-electron chi connectivity index (χ3n) is 1.67. The highest BCUT2D eigenvalue weighted by atomic mass is 32.2. The molecule has 2 nitrogen and oxygen atoms in total. The summed E-state index contributed by atoms with van der Waals surface area (Å²) in [7, 11) is 1.74. The number of hydrogen-bond donors (Lipinski definition) is 1. The van der Waals surface area contributed by atoms with Crippen LogP contribution in [0.1, 0.15) is 6.42 Å². The van der Waals surface area contributed by atoms with E-state index >= 15 is 0 Å². The summed E-state index contributed by atoms with van der Waals surface area (Å²) < 4.78 is 4.93. The molecule has 0 aromatic rings. The van der Waals surface area contributed by atoms with Gasteiger partial charge in [0.1, 0.15) is 0 Å². The lowest BCUT2D eigenvalue weighted by Crippen LogP contribution is -2.31. The molecule has 0 spiro atoms. The summed E-state index contributed by atoms with van der Waals surface area (Å²) >= 11 is 2.04. The summed E-state index contributed by atoms with van der Waals surface area (Å²) in [6.45, 7) is 1.84. The maximum atomic E-state index is 4.93. The number of hydrogen-bond acceptors (Lipinski definition) is 3. The van der Waals surface area contributed by atoms with Gasteiger partial charge in [0.25, 0.3) is 0 Å². The Labute approximate surface area is 66.7 Å². The van der Waals surface area contributed by atoms with Gasteiger partial charge in [-0.15, -0.1) is 0 Å². The number of ether oxygens (including phenoxy) is 1. The van der Waals surface area contributed by atoms with Gasteiger partial charge in [0, 0.05) is 25.4 Å². The third kappa shape index (κ3) is 2.90. The molecular weight excluding hydrogens is 146 g/mol. The van der Waals surface area contributed by atoms with Crippen molar-refractivity contribution in [2.45, 2.75) is 12.5 Å². The van der Waals surface area contributed by atoms with Crippen molar-refractivity contribution in [1.82, 2.24) is 5.32 Å². The van der Waals surface area contributed by atoms with E-state index < -0.39 is 0 Å². The van der Waals surface area contributed by atoms with Crippen molar-refractivity contribution in [2.75, 3.05) is 31.8 Å². The Kier molecular flexibility index (Phi) is 4.18. The Bertz CT molecular complexity index is 83.7. The predicted octanol–water partition coefficient (Wildman–Crippen LogP) is 0.728. The minimum absolute atomic E-state index is 0.750. The van der Waals surface area contributed by atoms with Crippen LogP contribution in [0.5, 0.6) is 0 Å². The van der Waals surface area contributed by atoms with E-state index in [0.717, 1.165) is 19.2 Å². The first kappa shape index (κ1) is 8.37. The van der Waals surface area contributed by atoms with E-state index in [-0.39, 0.29) is 0 Å². The molecule has 1 atom stereocenters. The van der Waals surface area contributed by atoms with Crippen LogP contribution in [0.3, 0.4) is 0 Å². The normalized spacial score (nSPS) is 25.5. The number of methoxy groups -OCH3 is 1. The molecule has 1 heterocycles. The van der Waals surface area contributed by atoms with E-state index in [1.54, 1.807) is 7.11 Å². The molecule has 1 N–H and O–H groups in total. The monoisotopic (exact) mass is 161 g/mol. The Hall–Kier alpha value is 0.270. The van der Waals surface area contributed by atoms with Gasteiger partial charge in [-0.1, -0.05) is 0 Å². The summed E-state index contributed by atoms with van der Waals surface area (Å²) in [4.78, 5) is 0. The van der Waals surface area contributed by atoms with E-state index in [9.17, 15) is 0 Å². The number of rotatable bonds is 4. The van der Waals surface area contributed by atoms with Crippen LogP contribution < -0.4 is 5.32 Å². The third-order valence-corrected chi connectivity index (χ3v) is 2.83. The standard InChI is InChI=1S/C7H15NOS/c1-9-4-3-8-7-2-5-10-6-7/h7-8H,2-6H2,1H3. The van der Waals surface area contributed by atoms with Crippen molar-refractivity contribution < 1.29 is 4.74 Å².